The molecule has 1 rings (SSSR count). The fourth-order valence-electron chi connectivity index (χ4n) is 0.765. The quantitative estimate of drug-likeness (QED) is 0.620. The van der Waals surface area contributed by atoms with Crippen molar-refractivity contribution in [2.45, 2.75) is 25.5 Å². The van der Waals surface area contributed by atoms with Crippen molar-refractivity contribution < 1.29 is 4.21 Å². The highest BCUT2D eigenvalue weighted by molar-refractivity contribution is 9.10. The Balaban J connectivity index is 2.79. The average Bonchev–Trinajstić information content (AvgIpc) is 2.12. The Morgan fingerprint density at radius 3 is 2.73 bits per heavy atom. The predicted molar refractivity (Wildman–Crippen MR) is 67.4 cm³/mol. The van der Waals surface area contributed by atoms with Crippen LogP contribution in [0.2, 0.25) is 0 Å². The summed E-state index contributed by atoms with van der Waals surface area (Å²) < 4.78 is 16.0. The van der Waals surface area contributed by atoms with Crippen molar-refractivity contribution in [2.75, 3.05) is 0 Å². The van der Waals surface area contributed by atoms with Gasteiger partial charge in [0.25, 0.3) is 0 Å². The smallest absolute Gasteiger partial charge is 0.144 e. The van der Waals surface area contributed by atoms with E-state index in [-0.39, 0.29) is 4.75 Å². The van der Waals surface area contributed by atoms with Gasteiger partial charge in [0, 0.05) is 12.4 Å². The molecular formula is C10H13BrN2OS. The first-order valence-electron chi connectivity index (χ1n) is 4.47. The summed E-state index contributed by atoms with van der Waals surface area (Å²) in [4.78, 5) is 3.99. The third-order valence-electron chi connectivity index (χ3n) is 1.57. The van der Waals surface area contributed by atoms with Crippen LogP contribution in [0, 0.1) is 0 Å². The summed E-state index contributed by atoms with van der Waals surface area (Å²) in [6.07, 6.45) is 3.28. The Morgan fingerprint density at radius 1 is 1.53 bits per heavy atom. The zero-order chi connectivity index (χ0) is 11.5. The lowest BCUT2D eigenvalue weighted by Crippen LogP contribution is -2.19. The first kappa shape index (κ1) is 12.5. The van der Waals surface area contributed by atoms with Crippen molar-refractivity contribution in [3.63, 3.8) is 0 Å². The van der Waals surface area contributed by atoms with Gasteiger partial charge in [-0.05, 0) is 54.4 Å². The van der Waals surface area contributed by atoms with E-state index in [0.29, 0.717) is 0 Å². The van der Waals surface area contributed by atoms with Crippen LogP contribution in [0.4, 0.5) is 0 Å². The summed E-state index contributed by atoms with van der Waals surface area (Å²) in [5, 5.41) is 0. The topological polar surface area (TPSA) is 42.3 Å². The van der Waals surface area contributed by atoms with Gasteiger partial charge in [-0.15, -0.1) is 0 Å². The molecule has 1 aromatic rings. The molecule has 0 aliphatic carbocycles. The molecular weight excluding hydrogens is 276 g/mol. The van der Waals surface area contributed by atoms with Gasteiger partial charge in [0.1, 0.15) is 15.6 Å². The highest BCUT2D eigenvalue weighted by Crippen LogP contribution is 2.12. The second-order valence-electron chi connectivity index (χ2n) is 4.01. The zero-order valence-electron chi connectivity index (χ0n) is 8.90. The van der Waals surface area contributed by atoms with E-state index >= 15 is 0 Å². The molecule has 5 heteroatoms. The van der Waals surface area contributed by atoms with Crippen molar-refractivity contribution in [1.29, 1.82) is 0 Å². The van der Waals surface area contributed by atoms with E-state index in [0.717, 1.165) is 10.2 Å². The number of halogens is 1. The summed E-state index contributed by atoms with van der Waals surface area (Å²) in [5.41, 5.74) is 0.884. The summed E-state index contributed by atoms with van der Waals surface area (Å²) in [7, 11) is -1.21. The molecule has 0 aliphatic heterocycles. The van der Waals surface area contributed by atoms with Crippen LogP contribution in [-0.2, 0) is 11.0 Å². The number of aromatic nitrogens is 1. The predicted octanol–water partition coefficient (Wildman–Crippen LogP) is 2.73. The van der Waals surface area contributed by atoms with E-state index in [9.17, 15) is 4.21 Å². The Kier molecular flexibility index (Phi) is 4.16. The van der Waals surface area contributed by atoms with E-state index in [1.165, 1.54) is 0 Å². The number of hydrogen-bond donors (Lipinski definition) is 0. The van der Waals surface area contributed by atoms with E-state index in [2.05, 4.69) is 25.3 Å². The normalized spacial score (nSPS) is 14.4. The molecule has 0 amide bonds. The molecule has 1 aromatic heterocycles. The maximum Gasteiger partial charge on any atom is 0.144 e. The minimum Gasteiger partial charge on any atom is -0.249 e. The number of rotatable bonds is 2. The second kappa shape index (κ2) is 4.99. The molecule has 15 heavy (non-hydrogen) atoms. The molecule has 0 aliphatic rings. The highest BCUT2D eigenvalue weighted by atomic mass is 79.9. The molecule has 0 unspecified atom stereocenters. The minimum atomic E-state index is -1.21. The van der Waals surface area contributed by atoms with Crippen LogP contribution in [0.25, 0.3) is 0 Å². The molecule has 0 saturated heterocycles. The maximum atomic E-state index is 11.6. The van der Waals surface area contributed by atoms with E-state index in [1.807, 2.05) is 32.9 Å². The van der Waals surface area contributed by atoms with Gasteiger partial charge < -0.3 is 0 Å². The van der Waals surface area contributed by atoms with Crippen molar-refractivity contribution in [1.82, 2.24) is 4.98 Å². The SMILES string of the molecule is CC(C)(C)[S@](=O)N=Cc1ccnc(Br)c1. The van der Waals surface area contributed by atoms with Crippen LogP contribution in [0.3, 0.4) is 0 Å². The first-order chi connectivity index (χ1) is 6.89. The van der Waals surface area contributed by atoms with Gasteiger partial charge in [-0.2, -0.15) is 4.40 Å². The monoisotopic (exact) mass is 288 g/mol. The minimum absolute atomic E-state index is 0.319. The third-order valence-corrected chi connectivity index (χ3v) is 3.35. The van der Waals surface area contributed by atoms with Crippen LogP contribution in [0.1, 0.15) is 26.3 Å². The van der Waals surface area contributed by atoms with Gasteiger partial charge in [0.2, 0.25) is 0 Å². The van der Waals surface area contributed by atoms with Gasteiger partial charge in [0.15, 0.2) is 0 Å². The second-order valence-corrected chi connectivity index (χ2v) is 6.75. The van der Waals surface area contributed by atoms with Gasteiger partial charge in [-0.25, -0.2) is 9.19 Å². The molecule has 0 aromatic carbocycles. The third kappa shape index (κ3) is 4.22. The molecule has 0 spiro atoms. The Bertz CT molecular complexity index is 399. The molecule has 0 radical (unpaired) electrons. The fraction of sp³-hybridized carbons (Fsp3) is 0.400. The van der Waals surface area contributed by atoms with Gasteiger partial charge in [-0.3, -0.25) is 0 Å². The summed E-state index contributed by atoms with van der Waals surface area (Å²) in [5.74, 6) is 0. The van der Waals surface area contributed by atoms with Gasteiger partial charge in [-0.1, -0.05) is 0 Å². The van der Waals surface area contributed by atoms with Crippen LogP contribution in [0.15, 0.2) is 27.3 Å². The molecule has 1 atom stereocenters. The van der Waals surface area contributed by atoms with Crippen LogP contribution >= 0.6 is 15.9 Å². The molecule has 0 bridgehead atoms. The summed E-state index contributed by atoms with van der Waals surface area (Å²) in [6.45, 7) is 5.68. The molecule has 0 N–H and O–H groups in total. The zero-order valence-corrected chi connectivity index (χ0v) is 11.3. The Hall–Kier alpha value is -0.550. The molecule has 0 fully saturated rings. The maximum absolute atomic E-state index is 11.6. The van der Waals surface area contributed by atoms with Crippen molar-refractivity contribution >= 4 is 33.1 Å². The number of hydrogen-bond acceptors (Lipinski definition) is 2. The molecule has 1 heterocycles. The molecule has 82 valence electrons. The van der Waals surface area contributed by atoms with E-state index < -0.39 is 11.0 Å². The highest BCUT2D eigenvalue weighted by Gasteiger charge is 2.17. The van der Waals surface area contributed by atoms with Gasteiger partial charge >= 0.3 is 0 Å². The number of nitrogens with zero attached hydrogens (tertiary/aromatic N) is 2. The standard InChI is InChI=1S/C10H13BrN2OS/c1-10(2,3)15(14)13-7-8-4-5-12-9(11)6-8/h4-7H,1-3H3/t15-/m0/s1. The Morgan fingerprint density at radius 2 is 2.20 bits per heavy atom. The van der Waals surface area contributed by atoms with E-state index in [1.54, 1.807) is 12.4 Å². The lowest BCUT2D eigenvalue weighted by molar-refractivity contribution is 0.651. The largest absolute Gasteiger partial charge is 0.249 e. The molecule has 0 saturated carbocycles. The fourth-order valence-corrected chi connectivity index (χ4v) is 1.68. The van der Waals surface area contributed by atoms with Crippen molar-refractivity contribution in [3.05, 3.63) is 28.5 Å². The van der Waals surface area contributed by atoms with E-state index in [4.69, 9.17) is 0 Å². The van der Waals surface area contributed by atoms with Crippen LogP contribution < -0.4 is 0 Å². The average molecular weight is 289 g/mol. The Labute approximate surface area is 101 Å². The van der Waals surface area contributed by atoms with Gasteiger partial charge in [0.05, 0.1) is 4.75 Å². The van der Waals surface area contributed by atoms with Crippen molar-refractivity contribution in [3.8, 4) is 0 Å². The van der Waals surface area contributed by atoms with Crippen molar-refractivity contribution in [2.24, 2.45) is 4.40 Å². The van der Waals surface area contributed by atoms with Crippen LogP contribution in [-0.4, -0.2) is 20.2 Å². The first-order valence-corrected chi connectivity index (χ1v) is 6.37. The summed E-state index contributed by atoms with van der Waals surface area (Å²) in [6, 6.07) is 3.64. The summed E-state index contributed by atoms with van der Waals surface area (Å²) >= 11 is 3.26. The van der Waals surface area contributed by atoms with Crippen LogP contribution in [0.5, 0.6) is 0 Å². The lowest BCUT2D eigenvalue weighted by Gasteiger charge is -2.12. The number of pyridine rings is 1. The molecule has 3 nitrogen and oxygen atoms in total. The lowest BCUT2D eigenvalue weighted by atomic mass is 10.3.